The van der Waals surface area contributed by atoms with Gasteiger partial charge < -0.3 is 16.2 Å². The number of carbonyl (C=O) groups is 1. The van der Waals surface area contributed by atoms with Gasteiger partial charge in [0.25, 0.3) is 5.91 Å². The Morgan fingerprint density at radius 1 is 1.09 bits per heavy atom. The average molecular weight is 442 g/mol. The lowest BCUT2D eigenvalue weighted by Gasteiger charge is -2.13. The maximum atomic E-state index is 14.9. The quantitative estimate of drug-likeness (QED) is 0.447. The number of rotatable bonds is 4. The minimum atomic E-state index is -1.86. The molecule has 1 atom stereocenters. The number of aromatic nitrogens is 4. The number of aryl methyl sites for hydroxylation is 2. The highest BCUT2D eigenvalue weighted by Gasteiger charge is 2.21. The summed E-state index contributed by atoms with van der Waals surface area (Å²) in [7, 11) is 0. The summed E-state index contributed by atoms with van der Waals surface area (Å²) >= 11 is 0. The number of benzene rings is 2. The maximum Gasteiger partial charge on any atom is 0.257 e. The van der Waals surface area contributed by atoms with E-state index in [4.69, 9.17) is 5.73 Å². The lowest BCUT2D eigenvalue weighted by Crippen LogP contribution is -2.21. The van der Waals surface area contributed by atoms with Crippen LogP contribution in [-0.4, -0.2) is 30.8 Å². The normalized spacial score (nSPS) is 12.2. The third kappa shape index (κ3) is 3.85. The minimum Gasteiger partial charge on any atom is -0.382 e. The zero-order chi connectivity index (χ0) is 23.2. The second-order valence-electron chi connectivity index (χ2n) is 7.11. The molecule has 0 fully saturated rings. The van der Waals surface area contributed by atoms with Crippen LogP contribution in [0.4, 0.5) is 24.7 Å². The fourth-order valence-electron chi connectivity index (χ4n) is 3.32. The van der Waals surface area contributed by atoms with E-state index in [-0.39, 0.29) is 22.8 Å². The van der Waals surface area contributed by atoms with E-state index in [9.17, 15) is 23.1 Å². The summed E-state index contributed by atoms with van der Waals surface area (Å²) in [5, 5.41) is 16.7. The Morgan fingerprint density at radius 2 is 1.78 bits per heavy atom. The van der Waals surface area contributed by atoms with Crippen LogP contribution in [0.1, 0.15) is 23.2 Å². The topological polar surface area (TPSA) is 119 Å². The van der Waals surface area contributed by atoms with Gasteiger partial charge in [-0.2, -0.15) is 5.10 Å². The van der Waals surface area contributed by atoms with Gasteiger partial charge in [0.1, 0.15) is 34.2 Å². The number of hydrogen-bond donors (Lipinski definition) is 3. The predicted molar refractivity (Wildman–Crippen MR) is 110 cm³/mol. The van der Waals surface area contributed by atoms with Crippen molar-refractivity contribution in [2.75, 3.05) is 11.1 Å². The van der Waals surface area contributed by atoms with Crippen LogP contribution in [0.3, 0.4) is 0 Å². The molecule has 11 heteroatoms. The first-order chi connectivity index (χ1) is 15.1. The molecular formula is C21H17F3N6O2. The number of nitrogens with two attached hydrogens (primary N) is 1. The number of aliphatic hydroxyl groups is 1. The predicted octanol–water partition coefficient (Wildman–Crippen LogP) is 3.10. The van der Waals surface area contributed by atoms with Crippen molar-refractivity contribution in [1.29, 1.82) is 0 Å². The molecule has 0 spiro atoms. The Bertz CT molecular complexity index is 1350. The molecule has 2 aromatic carbocycles. The largest absolute Gasteiger partial charge is 0.382 e. The third-order valence-corrected chi connectivity index (χ3v) is 4.72. The third-order valence-electron chi connectivity index (χ3n) is 4.72. The Morgan fingerprint density at radius 3 is 2.44 bits per heavy atom. The SMILES string of the molecule is Cc1nc(N)c2c(n1)c(C)nn2-c1ccc(NC(=O)C(O)c2cc(F)cc(F)c2)cc1F. The highest BCUT2D eigenvalue weighted by Crippen LogP contribution is 2.27. The molecule has 0 bridgehead atoms. The second kappa shape index (κ2) is 7.93. The summed E-state index contributed by atoms with van der Waals surface area (Å²) in [5.41, 5.74) is 7.12. The fourth-order valence-corrected chi connectivity index (χ4v) is 3.32. The van der Waals surface area contributed by atoms with Crippen molar-refractivity contribution in [3.05, 3.63) is 70.9 Å². The number of hydrogen-bond acceptors (Lipinski definition) is 6. The summed E-state index contributed by atoms with van der Waals surface area (Å²) in [6.07, 6.45) is -1.86. The first kappa shape index (κ1) is 21.2. The van der Waals surface area contributed by atoms with Crippen LogP contribution in [0.5, 0.6) is 0 Å². The first-order valence-electron chi connectivity index (χ1n) is 9.38. The Kier molecular flexibility index (Phi) is 5.26. The van der Waals surface area contributed by atoms with E-state index in [0.717, 1.165) is 18.2 Å². The molecule has 1 unspecified atom stereocenters. The molecule has 2 aromatic heterocycles. The maximum absolute atomic E-state index is 14.9. The van der Waals surface area contributed by atoms with Crippen molar-refractivity contribution in [3.8, 4) is 5.69 Å². The van der Waals surface area contributed by atoms with Gasteiger partial charge in [-0.15, -0.1) is 0 Å². The number of nitrogens with one attached hydrogen (secondary N) is 1. The summed E-state index contributed by atoms with van der Waals surface area (Å²) in [4.78, 5) is 20.7. The summed E-state index contributed by atoms with van der Waals surface area (Å²) in [6.45, 7) is 3.38. The molecule has 0 aliphatic carbocycles. The van der Waals surface area contributed by atoms with E-state index in [0.29, 0.717) is 28.6 Å². The molecule has 0 saturated carbocycles. The lowest BCUT2D eigenvalue weighted by molar-refractivity contribution is -0.124. The Hall–Kier alpha value is -3.99. The Labute approximate surface area is 179 Å². The van der Waals surface area contributed by atoms with Crippen molar-refractivity contribution in [2.45, 2.75) is 20.0 Å². The van der Waals surface area contributed by atoms with Gasteiger partial charge in [0.05, 0.1) is 5.69 Å². The van der Waals surface area contributed by atoms with Gasteiger partial charge in [-0.25, -0.2) is 27.8 Å². The average Bonchev–Trinajstić information content (AvgIpc) is 3.03. The van der Waals surface area contributed by atoms with E-state index in [1.165, 1.54) is 16.8 Å². The molecule has 4 aromatic rings. The van der Waals surface area contributed by atoms with Gasteiger partial charge in [-0.05, 0) is 49.7 Å². The van der Waals surface area contributed by atoms with Crippen LogP contribution >= 0.6 is 0 Å². The van der Waals surface area contributed by atoms with E-state index >= 15 is 0 Å². The standard InChI is InChI=1S/C21H17F3N6O2/c1-9-17-18(20(25)27-10(2)26-17)30(29-9)16-4-3-14(8-15(16)24)28-21(32)19(31)11-5-12(22)7-13(23)6-11/h3-8,19,31H,1-2H3,(H,28,32)(H2,25,26,27). The zero-order valence-electron chi connectivity index (χ0n) is 16.9. The molecule has 0 saturated heterocycles. The number of nitrogens with zero attached hydrogens (tertiary/aromatic N) is 4. The molecule has 0 radical (unpaired) electrons. The number of fused-ring (bicyclic) bond motifs is 1. The lowest BCUT2D eigenvalue weighted by atomic mass is 10.1. The van der Waals surface area contributed by atoms with E-state index in [1.54, 1.807) is 13.8 Å². The molecular weight excluding hydrogens is 425 g/mol. The van der Waals surface area contributed by atoms with E-state index < -0.39 is 29.5 Å². The molecule has 4 rings (SSSR count). The summed E-state index contributed by atoms with van der Waals surface area (Å²) in [6, 6.07) is 6.02. The molecule has 0 aliphatic heterocycles. The summed E-state index contributed by atoms with van der Waals surface area (Å²) in [5.74, 6) is -3.04. The highest BCUT2D eigenvalue weighted by molar-refractivity contribution is 5.95. The minimum absolute atomic E-state index is 0.0143. The Balaban J connectivity index is 1.63. The monoisotopic (exact) mass is 442 g/mol. The van der Waals surface area contributed by atoms with Crippen molar-refractivity contribution < 1.29 is 23.1 Å². The van der Waals surface area contributed by atoms with Gasteiger partial charge in [0.15, 0.2) is 17.7 Å². The first-order valence-corrected chi connectivity index (χ1v) is 9.38. The highest BCUT2D eigenvalue weighted by atomic mass is 19.1. The van der Waals surface area contributed by atoms with E-state index in [1.807, 2.05) is 0 Å². The molecule has 2 heterocycles. The van der Waals surface area contributed by atoms with Crippen LogP contribution in [0, 0.1) is 31.3 Å². The van der Waals surface area contributed by atoms with Crippen LogP contribution in [0.2, 0.25) is 0 Å². The number of anilines is 2. The van der Waals surface area contributed by atoms with Crippen LogP contribution in [0.25, 0.3) is 16.7 Å². The molecule has 164 valence electrons. The number of aliphatic hydroxyl groups excluding tert-OH is 1. The number of carbonyl (C=O) groups excluding carboxylic acids is 1. The van der Waals surface area contributed by atoms with Crippen LogP contribution in [-0.2, 0) is 4.79 Å². The van der Waals surface area contributed by atoms with Gasteiger partial charge in [0, 0.05) is 11.8 Å². The van der Waals surface area contributed by atoms with Gasteiger partial charge >= 0.3 is 0 Å². The van der Waals surface area contributed by atoms with Crippen molar-refractivity contribution in [2.24, 2.45) is 0 Å². The van der Waals surface area contributed by atoms with E-state index in [2.05, 4.69) is 20.4 Å². The van der Waals surface area contributed by atoms with Gasteiger partial charge in [-0.3, -0.25) is 4.79 Å². The van der Waals surface area contributed by atoms with Crippen molar-refractivity contribution in [3.63, 3.8) is 0 Å². The van der Waals surface area contributed by atoms with Crippen molar-refractivity contribution in [1.82, 2.24) is 19.7 Å². The zero-order valence-corrected chi connectivity index (χ0v) is 16.9. The molecule has 0 aliphatic rings. The number of amides is 1. The fraction of sp³-hybridized carbons (Fsp3) is 0.143. The van der Waals surface area contributed by atoms with Gasteiger partial charge in [0.2, 0.25) is 0 Å². The second-order valence-corrected chi connectivity index (χ2v) is 7.11. The van der Waals surface area contributed by atoms with Crippen LogP contribution < -0.4 is 11.1 Å². The number of nitrogen functional groups attached to an aromatic ring is 1. The smallest absolute Gasteiger partial charge is 0.257 e. The molecule has 1 amide bonds. The molecule has 8 nitrogen and oxygen atoms in total. The molecule has 32 heavy (non-hydrogen) atoms. The van der Waals surface area contributed by atoms with Crippen LogP contribution in [0.15, 0.2) is 36.4 Å². The van der Waals surface area contributed by atoms with Gasteiger partial charge in [-0.1, -0.05) is 0 Å². The van der Waals surface area contributed by atoms with Crippen molar-refractivity contribution >= 4 is 28.4 Å². The number of halogens is 3. The summed E-state index contributed by atoms with van der Waals surface area (Å²) < 4.78 is 42.9. The molecule has 4 N–H and O–H groups in total.